The van der Waals surface area contributed by atoms with Gasteiger partial charge in [0.15, 0.2) is 0 Å². The second-order valence-electron chi connectivity index (χ2n) is 4.36. The molecule has 0 N–H and O–H groups in total. The summed E-state index contributed by atoms with van der Waals surface area (Å²) in [7, 11) is 0. The molecule has 0 spiro atoms. The maximum absolute atomic E-state index is 4.37. The lowest BCUT2D eigenvalue weighted by molar-refractivity contribution is 1.30. The molecule has 0 atom stereocenters. The molecular weight excluding hydrogens is 250 g/mol. The van der Waals surface area contributed by atoms with Gasteiger partial charge >= 0.3 is 0 Å². The van der Waals surface area contributed by atoms with Gasteiger partial charge in [-0.05, 0) is 16.7 Å². The van der Waals surface area contributed by atoms with Crippen LogP contribution in [0.5, 0.6) is 0 Å². The van der Waals surface area contributed by atoms with Crippen LogP contribution in [0, 0.1) is 0 Å². The molecule has 1 aliphatic heterocycles. The minimum absolute atomic E-state index is 0.619. The van der Waals surface area contributed by atoms with Crippen LogP contribution < -0.4 is 0 Å². The van der Waals surface area contributed by atoms with Crippen LogP contribution in [0.15, 0.2) is 70.3 Å². The van der Waals surface area contributed by atoms with Gasteiger partial charge < -0.3 is 0 Å². The molecule has 92 valence electrons. The minimum atomic E-state index is 0.619. The van der Waals surface area contributed by atoms with Gasteiger partial charge in [0.2, 0.25) is 0 Å². The Bertz CT molecular complexity index is 692. The fourth-order valence-corrected chi connectivity index (χ4v) is 2.41. The molecule has 0 saturated heterocycles. The van der Waals surface area contributed by atoms with Crippen molar-refractivity contribution in [2.45, 2.75) is 6.42 Å². The number of rotatable bonds is 1. The van der Waals surface area contributed by atoms with Crippen molar-refractivity contribution in [3.63, 3.8) is 0 Å². The molecule has 1 aliphatic rings. The summed E-state index contributed by atoms with van der Waals surface area (Å²) in [5.41, 5.74) is 7.95. The van der Waals surface area contributed by atoms with Gasteiger partial charge in [-0.15, -0.1) is 12.6 Å². The summed E-state index contributed by atoms with van der Waals surface area (Å²) in [4.78, 5) is 4.28. The SMILES string of the molecule is SC1=C=C(c2ccccc2)c2ccccc2CC=N1. The smallest absolute Gasteiger partial charge is 0.135 e. The van der Waals surface area contributed by atoms with E-state index < -0.39 is 0 Å². The zero-order chi connectivity index (χ0) is 13.1. The highest BCUT2D eigenvalue weighted by atomic mass is 32.1. The average Bonchev–Trinajstić information content (AvgIpc) is 2.44. The monoisotopic (exact) mass is 263 g/mol. The van der Waals surface area contributed by atoms with Gasteiger partial charge in [0.1, 0.15) is 5.03 Å². The molecular formula is C17H13NS. The van der Waals surface area contributed by atoms with Gasteiger partial charge in [0.05, 0.1) is 0 Å². The van der Waals surface area contributed by atoms with Gasteiger partial charge in [0.25, 0.3) is 0 Å². The van der Waals surface area contributed by atoms with Crippen LogP contribution in [0.2, 0.25) is 0 Å². The molecule has 0 radical (unpaired) electrons. The molecule has 0 unspecified atom stereocenters. The average molecular weight is 263 g/mol. The first-order valence-electron chi connectivity index (χ1n) is 6.21. The molecule has 2 aromatic carbocycles. The van der Waals surface area contributed by atoms with E-state index in [1.54, 1.807) is 0 Å². The van der Waals surface area contributed by atoms with Gasteiger partial charge in [0, 0.05) is 18.2 Å². The van der Waals surface area contributed by atoms with Crippen molar-refractivity contribution in [2.24, 2.45) is 4.99 Å². The Balaban J connectivity index is 2.30. The summed E-state index contributed by atoms with van der Waals surface area (Å²) in [6.45, 7) is 0. The second-order valence-corrected chi connectivity index (χ2v) is 4.79. The lowest BCUT2D eigenvalue weighted by Gasteiger charge is -2.12. The first kappa shape index (κ1) is 12.0. The van der Waals surface area contributed by atoms with E-state index in [0.717, 1.165) is 17.6 Å². The highest BCUT2D eigenvalue weighted by Crippen LogP contribution is 2.27. The Kier molecular flexibility index (Phi) is 3.37. The van der Waals surface area contributed by atoms with E-state index >= 15 is 0 Å². The fraction of sp³-hybridized carbons (Fsp3) is 0.0588. The summed E-state index contributed by atoms with van der Waals surface area (Å²) >= 11 is 4.37. The molecule has 3 rings (SSSR count). The molecule has 0 saturated carbocycles. The van der Waals surface area contributed by atoms with Crippen molar-refractivity contribution in [2.75, 3.05) is 0 Å². The second kappa shape index (κ2) is 5.31. The number of aliphatic imine (C=N–C) groups is 1. The molecule has 2 heteroatoms. The maximum Gasteiger partial charge on any atom is 0.135 e. The summed E-state index contributed by atoms with van der Waals surface area (Å²) in [5.74, 6) is 0. The molecule has 0 bridgehead atoms. The van der Waals surface area contributed by atoms with Gasteiger partial charge in [-0.25, -0.2) is 4.99 Å². The molecule has 0 aliphatic carbocycles. The van der Waals surface area contributed by atoms with Crippen LogP contribution in [0.25, 0.3) is 5.57 Å². The van der Waals surface area contributed by atoms with Crippen LogP contribution >= 0.6 is 12.6 Å². The fourth-order valence-electron chi connectivity index (χ4n) is 2.22. The number of hydrogen-bond donors (Lipinski definition) is 1. The van der Waals surface area contributed by atoms with Gasteiger partial charge in [-0.1, -0.05) is 60.3 Å². The first-order chi connectivity index (χ1) is 9.34. The Labute approximate surface area is 118 Å². The van der Waals surface area contributed by atoms with Crippen molar-refractivity contribution in [3.05, 3.63) is 82.0 Å². The third kappa shape index (κ3) is 2.55. The molecule has 0 fully saturated rings. The lowest BCUT2D eigenvalue weighted by atomic mass is 9.93. The number of hydrogen-bond acceptors (Lipinski definition) is 2. The molecule has 1 heterocycles. The quantitative estimate of drug-likeness (QED) is 0.587. The van der Waals surface area contributed by atoms with E-state index in [1.165, 1.54) is 11.1 Å². The maximum atomic E-state index is 4.37. The zero-order valence-corrected chi connectivity index (χ0v) is 11.3. The van der Waals surface area contributed by atoms with Crippen molar-refractivity contribution in [1.29, 1.82) is 0 Å². The standard InChI is InChI=1S/C17H13NS/c19-17-12-16(13-6-2-1-3-7-13)15-9-5-4-8-14(15)10-11-18-17/h1-9,11,19H,10H2. The molecule has 0 aromatic heterocycles. The Hall–Kier alpha value is -2.02. The summed E-state index contributed by atoms with van der Waals surface area (Å²) in [6, 6.07) is 18.6. The minimum Gasteiger partial charge on any atom is -0.246 e. The van der Waals surface area contributed by atoms with E-state index in [4.69, 9.17) is 0 Å². The predicted molar refractivity (Wildman–Crippen MR) is 83.6 cm³/mol. The normalized spacial score (nSPS) is 13.9. The molecule has 19 heavy (non-hydrogen) atoms. The van der Waals surface area contributed by atoms with Crippen molar-refractivity contribution in [1.82, 2.24) is 0 Å². The zero-order valence-electron chi connectivity index (χ0n) is 10.4. The molecule has 1 nitrogen and oxygen atoms in total. The van der Waals surface area contributed by atoms with E-state index in [-0.39, 0.29) is 0 Å². The number of benzene rings is 2. The first-order valence-corrected chi connectivity index (χ1v) is 6.65. The largest absolute Gasteiger partial charge is 0.246 e. The lowest BCUT2D eigenvalue weighted by Crippen LogP contribution is -1.97. The van der Waals surface area contributed by atoms with E-state index in [1.807, 2.05) is 24.4 Å². The van der Waals surface area contributed by atoms with Crippen LogP contribution in [0.1, 0.15) is 16.7 Å². The third-order valence-electron chi connectivity index (χ3n) is 3.11. The van der Waals surface area contributed by atoms with E-state index in [2.05, 4.69) is 59.8 Å². The number of nitrogens with zero attached hydrogens (tertiary/aromatic N) is 1. The van der Waals surface area contributed by atoms with Crippen molar-refractivity contribution in [3.8, 4) is 0 Å². The van der Waals surface area contributed by atoms with E-state index in [9.17, 15) is 0 Å². The van der Waals surface area contributed by atoms with Crippen molar-refractivity contribution >= 4 is 24.4 Å². The summed E-state index contributed by atoms with van der Waals surface area (Å²) in [5, 5.41) is 0.619. The highest BCUT2D eigenvalue weighted by molar-refractivity contribution is 7.84. The number of fused-ring (bicyclic) bond motifs is 1. The molecule has 2 aromatic rings. The predicted octanol–water partition coefficient (Wildman–Crippen LogP) is 4.12. The van der Waals surface area contributed by atoms with Crippen LogP contribution in [-0.4, -0.2) is 6.21 Å². The Morgan fingerprint density at radius 1 is 0.947 bits per heavy atom. The van der Waals surface area contributed by atoms with Crippen LogP contribution in [0.4, 0.5) is 0 Å². The number of thiol groups is 1. The topological polar surface area (TPSA) is 12.4 Å². The van der Waals surface area contributed by atoms with Gasteiger partial charge in [-0.2, -0.15) is 0 Å². The van der Waals surface area contributed by atoms with Crippen LogP contribution in [-0.2, 0) is 6.42 Å². The highest BCUT2D eigenvalue weighted by Gasteiger charge is 2.10. The van der Waals surface area contributed by atoms with Crippen molar-refractivity contribution < 1.29 is 0 Å². The summed E-state index contributed by atoms with van der Waals surface area (Å²) in [6.07, 6.45) is 2.70. The Morgan fingerprint density at radius 3 is 2.53 bits per heavy atom. The third-order valence-corrected chi connectivity index (χ3v) is 3.34. The van der Waals surface area contributed by atoms with Crippen LogP contribution in [0.3, 0.4) is 0 Å². The van der Waals surface area contributed by atoms with E-state index in [0.29, 0.717) is 5.03 Å². The molecule has 0 amide bonds. The summed E-state index contributed by atoms with van der Waals surface area (Å²) < 4.78 is 0. The van der Waals surface area contributed by atoms with Gasteiger partial charge in [-0.3, -0.25) is 0 Å². The Morgan fingerprint density at radius 2 is 1.68 bits per heavy atom.